The van der Waals surface area contributed by atoms with Gasteiger partial charge >= 0.3 is 0 Å². The zero-order chi connectivity index (χ0) is 14.7. The fraction of sp³-hybridized carbons (Fsp3) is 0.471. The Bertz CT molecular complexity index is 600. The van der Waals surface area contributed by atoms with Crippen molar-refractivity contribution in [1.29, 1.82) is 0 Å². The molecule has 1 aromatic carbocycles. The highest BCUT2D eigenvalue weighted by Gasteiger charge is 2.31. The average molecular weight is 285 g/mol. The van der Waals surface area contributed by atoms with E-state index in [9.17, 15) is 0 Å². The molecule has 0 radical (unpaired) electrons. The monoisotopic (exact) mass is 285 g/mol. The molecule has 21 heavy (non-hydrogen) atoms. The van der Waals surface area contributed by atoms with Gasteiger partial charge in [-0.25, -0.2) is 4.98 Å². The van der Waals surface area contributed by atoms with Crippen molar-refractivity contribution in [3.63, 3.8) is 0 Å². The molecule has 0 spiro atoms. The second-order valence-electron chi connectivity index (χ2n) is 5.89. The third-order valence-electron chi connectivity index (χ3n) is 4.37. The van der Waals surface area contributed by atoms with E-state index in [0.717, 1.165) is 37.4 Å². The minimum absolute atomic E-state index is 0.184. The number of nitrogens with one attached hydrogen (secondary N) is 1. The fourth-order valence-corrected chi connectivity index (χ4v) is 3.07. The van der Waals surface area contributed by atoms with Crippen LogP contribution in [-0.2, 0) is 5.41 Å². The zero-order valence-corrected chi connectivity index (χ0v) is 12.8. The summed E-state index contributed by atoms with van der Waals surface area (Å²) in [6.07, 6.45) is 6.21. The van der Waals surface area contributed by atoms with Crippen molar-refractivity contribution < 1.29 is 4.74 Å². The van der Waals surface area contributed by atoms with Crippen molar-refractivity contribution in [3.8, 4) is 11.4 Å². The Labute approximate surface area is 126 Å². The van der Waals surface area contributed by atoms with Crippen LogP contribution in [0.1, 0.15) is 32.4 Å². The van der Waals surface area contributed by atoms with Gasteiger partial charge in [0, 0.05) is 23.4 Å². The molecule has 0 saturated carbocycles. The van der Waals surface area contributed by atoms with E-state index >= 15 is 0 Å². The topological polar surface area (TPSA) is 39.1 Å². The minimum Gasteiger partial charge on any atom is -0.494 e. The van der Waals surface area contributed by atoms with Crippen molar-refractivity contribution in [1.82, 2.24) is 14.9 Å². The lowest BCUT2D eigenvalue weighted by Gasteiger charge is -2.34. The first-order valence-electron chi connectivity index (χ1n) is 7.70. The Kier molecular flexibility index (Phi) is 3.97. The van der Waals surface area contributed by atoms with Crippen molar-refractivity contribution in [3.05, 3.63) is 42.5 Å². The summed E-state index contributed by atoms with van der Waals surface area (Å²) >= 11 is 0. The minimum atomic E-state index is 0.184. The third kappa shape index (κ3) is 2.81. The molecule has 4 heteroatoms. The molecule has 3 rings (SSSR count). The number of piperidine rings is 1. The number of nitrogens with zero attached hydrogens (tertiary/aromatic N) is 2. The van der Waals surface area contributed by atoms with Crippen LogP contribution >= 0.6 is 0 Å². The van der Waals surface area contributed by atoms with E-state index < -0.39 is 0 Å². The summed E-state index contributed by atoms with van der Waals surface area (Å²) in [6.45, 7) is 7.17. The van der Waals surface area contributed by atoms with E-state index in [2.05, 4.69) is 33.9 Å². The van der Waals surface area contributed by atoms with E-state index in [1.54, 1.807) is 0 Å². The van der Waals surface area contributed by atoms with Gasteiger partial charge in [0.25, 0.3) is 0 Å². The summed E-state index contributed by atoms with van der Waals surface area (Å²) in [5, 5.41) is 3.44. The van der Waals surface area contributed by atoms with E-state index in [4.69, 9.17) is 4.74 Å². The number of imidazole rings is 1. The maximum Gasteiger partial charge on any atom is 0.121 e. The van der Waals surface area contributed by atoms with Crippen LogP contribution in [-0.4, -0.2) is 29.2 Å². The quantitative estimate of drug-likeness (QED) is 0.939. The summed E-state index contributed by atoms with van der Waals surface area (Å²) in [6, 6.07) is 8.22. The molecule has 1 N–H and O–H groups in total. The normalized spacial score (nSPS) is 17.6. The molecule has 1 aliphatic heterocycles. The van der Waals surface area contributed by atoms with Crippen molar-refractivity contribution in [2.75, 3.05) is 19.7 Å². The smallest absolute Gasteiger partial charge is 0.121 e. The van der Waals surface area contributed by atoms with Crippen molar-refractivity contribution >= 4 is 0 Å². The summed E-state index contributed by atoms with van der Waals surface area (Å²) in [7, 11) is 0. The first-order valence-corrected chi connectivity index (χ1v) is 7.70. The number of aromatic nitrogens is 2. The van der Waals surface area contributed by atoms with Gasteiger partial charge in [-0.15, -0.1) is 0 Å². The molecule has 1 fully saturated rings. The van der Waals surface area contributed by atoms with Gasteiger partial charge < -0.3 is 14.6 Å². The predicted molar refractivity (Wildman–Crippen MR) is 84.2 cm³/mol. The van der Waals surface area contributed by atoms with Gasteiger partial charge in [0.15, 0.2) is 0 Å². The van der Waals surface area contributed by atoms with Crippen LogP contribution in [0.25, 0.3) is 5.69 Å². The van der Waals surface area contributed by atoms with Crippen LogP contribution in [0, 0.1) is 0 Å². The number of hydrogen-bond acceptors (Lipinski definition) is 3. The molecule has 1 aliphatic rings. The van der Waals surface area contributed by atoms with Crippen LogP contribution in [0.3, 0.4) is 0 Å². The number of ether oxygens (including phenoxy) is 1. The molecule has 1 aromatic heterocycles. The molecule has 0 amide bonds. The molecular formula is C17H23N3O. The highest BCUT2D eigenvalue weighted by Crippen LogP contribution is 2.34. The average Bonchev–Trinajstić information content (AvgIpc) is 2.99. The number of benzene rings is 1. The van der Waals surface area contributed by atoms with Crippen LogP contribution in [0.2, 0.25) is 0 Å². The summed E-state index contributed by atoms with van der Waals surface area (Å²) in [4.78, 5) is 4.40. The lowest BCUT2D eigenvalue weighted by atomic mass is 9.78. The predicted octanol–water partition coefficient (Wildman–Crippen LogP) is 2.91. The van der Waals surface area contributed by atoms with Gasteiger partial charge in [-0.1, -0.05) is 13.0 Å². The van der Waals surface area contributed by atoms with Crippen molar-refractivity contribution in [2.24, 2.45) is 0 Å². The molecule has 4 nitrogen and oxygen atoms in total. The van der Waals surface area contributed by atoms with Gasteiger partial charge in [-0.05, 0) is 45.0 Å². The second kappa shape index (κ2) is 5.90. The molecule has 0 unspecified atom stereocenters. The molecule has 1 saturated heterocycles. The maximum atomic E-state index is 5.61. The Balaban J connectivity index is 1.96. The Morgan fingerprint density at radius 1 is 1.33 bits per heavy atom. The van der Waals surface area contributed by atoms with Crippen LogP contribution in [0.4, 0.5) is 0 Å². The Morgan fingerprint density at radius 3 is 2.90 bits per heavy atom. The molecule has 0 bridgehead atoms. The highest BCUT2D eigenvalue weighted by atomic mass is 16.5. The van der Waals surface area contributed by atoms with Crippen LogP contribution in [0.5, 0.6) is 5.75 Å². The lowest BCUT2D eigenvalue weighted by molar-refractivity contribution is 0.323. The Morgan fingerprint density at radius 2 is 2.14 bits per heavy atom. The molecule has 2 aromatic rings. The summed E-state index contributed by atoms with van der Waals surface area (Å²) in [5.41, 5.74) is 2.59. The zero-order valence-electron chi connectivity index (χ0n) is 12.8. The van der Waals surface area contributed by atoms with E-state index in [1.165, 1.54) is 5.69 Å². The van der Waals surface area contributed by atoms with E-state index in [0.29, 0.717) is 6.61 Å². The maximum absolute atomic E-state index is 5.61. The summed E-state index contributed by atoms with van der Waals surface area (Å²) in [5.74, 6) is 0.908. The van der Waals surface area contributed by atoms with Gasteiger partial charge in [-0.3, -0.25) is 0 Å². The third-order valence-corrected chi connectivity index (χ3v) is 4.37. The van der Waals surface area contributed by atoms with Crippen molar-refractivity contribution in [2.45, 2.75) is 32.1 Å². The van der Waals surface area contributed by atoms with Gasteiger partial charge in [-0.2, -0.15) is 0 Å². The van der Waals surface area contributed by atoms with Crippen LogP contribution in [0.15, 0.2) is 36.8 Å². The molecule has 0 aliphatic carbocycles. The second-order valence-corrected chi connectivity index (χ2v) is 5.89. The first-order chi connectivity index (χ1) is 10.2. The number of rotatable bonds is 4. The first kappa shape index (κ1) is 14.1. The molecule has 112 valence electrons. The molecular weight excluding hydrogens is 262 g/mol. The van der Waals surface area contributed by atoms with E-state index in [-0.39, 0.29) is 5.41 Å². The van der Waals surface area contributed by atoms with Gasteiger partial charge in [0.2, 0.25) is 0 Å². The summed E-state index contributed by atoms with van der Waals surface area (Å²) < 4.78 is 7.81. The molecule has 2 heterocycles. The number of hydrogen-bond donors (Lipinski definition) is 1. The Hall–Kier alpha value is -1.81. The van der Waals surface area contributed by atoms with Gasteiger partial charge in [0.1, 0.15) is 5.75 Å². The largest absolute Gasteiger partial charge is 0.494 e. The highest BCUT2D eigenvalue weighted by molar-refractivity contribution is 5.41. The lowest BCUT2D eigenvalue weighted by Crippen LogP contribution is -2.38. The van der Waals surface area contributed by atoms with E-state index in [1.807, 2.05) is 31.6 Å². The van der Waals surface area contributed by atoms with Crippen LogP contribution < -0.4 is 10.1 Å². The SMILES string of the molecule is CCOc1cccc(-n2cncc2C2(C)CCNCC2)c1. The molecule has 0 atom stereocenters. The van der Waals surface area contributed by atoms with Gasteiger partial charge in [0.05, 0.1) is 18.6 Å². The fourth-order valence-electron chi connectivity index (χ4n) is 3.07. The standard InChI is InChI=1S/C17H23N3O/c1-3-21-15-6-4-5-14(11-15)20-13-19-12-16(20)17(2)7-9-18-10-8-17/h4-6,11-13,18H,3,7-10H2,1-2H3.